The van der Waals surface area contributed by atoms with E-state index in [1.54, 1.807) is 31.2 Å². The number of ketones is 1. The van der Waals surface area contributed by atoms with Crippen LogP contribution in [0.5, 0.6) is 0 Å². The number of benzene rings is 2. The fourth-order valence-electron chi connectivity index (χ4n) is 8.35. The number of amides is 2. The van der Waals surface area contributed by atoms with Crippen molar-refractivity contribution in [1.29, 1.82) is 0 Å². The zero-order chi connectivity index (χ0) is 30.0. The fourth-order valence-corrected chi connectivity index (χ4v) is 8.71. The molecule has 2 aromatic rings. The van der Waals surface area contributed by atoms with Gasteiger partial charge in [-0.05, 0) is 93.0 Å². The van der Waals surface area contributed by atoms with E-state index < -0.39 is 28.7 Å². The number of fused-ring (bicyclic) bond motifs is 3. The molecule has 2 amide bonds. The summed E-state index contributed by atoms with van der Waals surface area (Å²) in [5.74, 6) is -1.79. The van der Waals surface area contributed by atoms with Gasteiger partial charge >= 0.3 is 0 Å². The lowest BCUT2D eigenvalue weighted by Gasteiger charge is -2.50. The molecule has 2 saturated carbocycles. The molecule has 9 heteroatoms. The van der Waals surface area contributed by atoms with Gasteiger partial charge in [-0.15, -0.1) is 0 Å². The number of nitrogens with one attached hydrogen (secondary N) is 3. The van der Waals surface area contributed by atoms with Crippen molar-refractivity contribution in [3.8, 4) is 0 Å². The van der Waals surface area contributed by atoms with Crippen molar-refractivity contribution in [1.82, 2.24) is 10.6 Å². The molecule has 42 heavy (non-hydrogen) atoms. The van der Waals surface area contributed by atoms with E-state index in [1.807, 2.05) is 6.07 Å². The van der Waals surface area contributed by atoms with Gasteiger partial charge in [0.05, 0.1) is 11.1 Å². The number of carbonyl (C=O) groups excluding carboxylic acids is 3. The van der Waals surface area contributed by atoms with Crippen LogP contribution in [0.4, 0.5) is 10.1 Å². The number of carbonyl (C=O) groups is 3. The van der Waals surface area contributed by atoms with E-state index in [-0.39, 0.29) is 45.6 Å². The van der Waals surface area contributed by atoms with Crippen molar-refractivity contribution in [2.45, 2.75) is 101 Å². The van der Waals surface area contributed by atoms with Crippen molar-refractivity contribution < 1.29 is 18.8 Å². The van der Waals surface area contributed by atoms with Gasteiger partial charge in [0.2, 0.25) is 11.8 Å². The maximum atomic E-state index is 16.1. The average molecular weight is 615 g/mol. The summed E-state index contributed by atoms with van der Waals surface area (Å²) in [7, 11) is 0. The maximum absolute atomic E-state index is 16.1. The summed E-state index contributed by atoms with van der Waals surface area (Å²) in [4.78, 5) is 40.8. The number of halogens is 3. The van der Waals surface area contributed by atoms with E-state index in [0.29, 0.717) is 36.4 Å². The van der Waals surface area contributed by atoms with E-state index in [9.17, 15) is 14.4 Å². The lowest BCUT2D eigenvalue weighted by Crippen LogP contribution is -2.61. The third-order valence-corrected chi connectivity index (χ3v) is 11.2. The van der Waals surface area contributed by atoms with Crippen LogP contribution in [0.1, 0.15) is 89.2 Å². The van der Waals surface area contributed by atoms with E-state index in [2.05, 4.69) is 29.8 Å². The lowest BCUT2D eigenvalue weighted by atomic mass is 9.53. The Kier molecular flexibility index (Phi) is 7.47. The molecule has 0 unspecified atom stereocenters. The van der Waals surface area contributed by atoms with Gasteiger partial charge in [0.15, 0.2) is 0 Å². The largest absolute Gasteiger partial charge is 0.352 e. The zero-order valence-electron chi connectivity index (χ0n) is 24.3. The van der Waals surface area contributed by atoms with E-state index >= 15 is 4.39 Å². The van der Waals surface area contributed by atoms with Gasteiger partial charge in [-0.3, -0.25) is 19.7 Å². The number of hydrogen-bond acceptors (Lipinski definition) is 4. The van der Waals surface area contributed by atoms with Gasteiger partial charge in [-0.1, -0.05) is 55.2 Å². The van der Waals surface area contributed by atoms with Crippen LogP contribution in [0.15, 0.2) is 36.4 Å². The molecule has 6 rings (SSSR count). The first kappa shape index (κ1) is 29.6. The van der Waals surface area contributed by atoms with E-state index in [1.165, 1.54) is 6.07 Å². The SMILES string of the molecule is CC(=O)C1CCC(NC(=O)[C@@H]2NC3(CCC(C)(C)CC3)[C@@]3(C(=O)Nc4cc(Cl)ccc43)[C@H]2c2cccc(Cl)c2F)CC1. The summed E-state index contributed by atoms with van der Waals surface area (Å²) in [6, 6.07) is 9.18. The Morgan fingerprint density at radius 1 is 1.00 bits per heavy atom. The molecule has 2 aromatic carbocycles. The Morgan fingerprint density at radius 3 is 2.36 bits per heavy atom. The summed E-state index contributed by atoms with van der Waals surface area (Å²) in [6.45, 7) is 6.07. The maximum Gasteiger partial charge on any atom is 0.238 e. The molecule has 2 spiro atoms. The fraction of sp³-hybridized carbons (Fsp3) is 0.545. The number of anilines is 1. The highest BCUT2D eigenvalue weighted by molar-refractivity contribution is 6.31. The number of hydrogen-bond donors (Lipinski definition) is 3. The van der Waals surface area contributed by atoms with Gasteiger partial charge in [-0.2, -0.15) is 0 Å². The first-order valence-electron chi connectivity index (χ1n) is 15.0. The van der Waals surface area contributed by atoms with Gasteiger partial charge < -0.3 is 10.6 Å². The number of rotatable bonds is 4. The first-order chi connectivity index (χ1) is 19.9. The summed E-state index contributed by atoms with van der Waals surface area (Å²) < 4.78 is 16.1. The molecule has 2 aliphatic carbocycles. The van der Waals surface area contributed by atoms with Crippen molar-refractivity contribution in [2.75, 3.05) is 5.32 Å². The van der Waals surface area contributed by atoms with Gasteiger partial charge in [0.1, 0.15) is 17.0 Å². The second-order valence-corrected chi connectivity index (χ2v) is 14.5. The second-order valence-electron chi connectivity index (χ2n) is 13.6. The molecule has 3 N–H and O–H groups in total. The molecule has 0 aromatic heterocycles. The van der Waals surface area contributed by atoms with Gasteiger partial charge in [-0.25, -0.2) is 4.39 Å². The van der Waals surface area contributed by atoms with E-state index in [4.69, 9.17) is 23.2 Å². The highest BCUT2D eigenvalue weighted by atomic mass is 35.5. The van der Waals surface area contributed by atoms with Crippen molar-refractivity contribution in [2.24, 2.45) is 11.3 Å². The summed E-state index contributed by atoms with van der Waals surface area (Å²) in [5.41, 5.74) is -0.448. The highest BCUT2D eigenvalue weighted by Crippen LogP contribution is 2.64. The van der Waals surface area contributed by atoms with Crippen LogP contribution in [0.2, 0.25) is 10.0 Å². The monoisotopic (exact) mass is 613 g/mol. The molecule has 0 bridgehead atoms. The minimum absolute atomic E-state index is 0.0266. The van der Waals surface area contributed by atoms with Crippen molar-refractivity contribution in [3.05, 3.63) is 63.4 Å². The van der Waals surface area contributed by atoms with Crippen LogP contribution in [0.3, 0.4) is 0 Å². The third-order valence-electron chi connectivity index (χ3n) is 10.7. The Balaban J connectivity index is 1.49. The highest BCUT2D eigenvalue weighted by Gasteiger charge is 2.73. The van der Waals surface area contributed by atoms with Crippen molar-refractivity contribution in [3.63, 3.8) is 0 Å². The molecule has 0 radical (unpaired) electrons. The average Bonchev–Trinajstić information content (AvgIpc) is 3.40. The topological polar surface area (TPSA) is 87.3 Å². The molecule has 3 fully saturated rings. The number of Topliss-reactive ketones (excluding diaryl/α,β-unsaturated/α-hetero) is 1. The quantitative estimate of drug-likeness (QED) is 0.359. The lowest BCUT2D eigenvalue weighted by molar-refractivity contribution is -0.125. The van der Waals surface area contributed by atoms with Crippen LogP contribution in [-0.4, -0.2) is 35.2 Å². The van der Waals surface area contributed by atoms with Crippen LogP contribution in [-0.2, 0) is 19.8 Å². The molecule has 4 aliphatic rings. The van der Waals surface area contributed by atoms with Crippen LogP contribution < -0.4 is 16.0 Å². The predicted molar refractivity (Wildman–Crippen MR) is 162 cm³/mol. The third kappa shape index (κ3) is 4.58. The Labute approximate surface area is 256 Å². The molecule has 2 heterocycles. The normalized spacial score (nSPS) is 31.1. The summed E-state index contributed by atoms with van der Waals surface area (Å²) in [6.07, 6.45) is 5.81. The van der Waals surface area contributed by atoms with Gasteiger partial charge in [0, 0.05) is 34.1 Å². The van der Waals surface area contributed by atoms with Gasteiger partial charge in [0.25, 0.3) is 0 Å². The van der Waals surface area contributed by atoms with Crippen LogP contribution in [0, 0.1) is 17.2 Å². The van der Waals surface area contributed by atoms with Crippen LogP contribution in [0.25, 0.3) is 0 Å². The predicted octanol–water partition coefficient (Wildman–Crippen LogP) is 6.68. The molecule has 2 aliphatic heterocycles. The zero-order valence-corrected chi connectivity index (χ0v) is 25.8. The Bertz CT molecular complexity index is 1440. The molecule has 1 saturated heterocycles. The molecule has 6 nitrogen and oxygen atoms in total. The van der Waals surface area contributed by atoms with E-state index in [0.717, 1.165) is 31.2 Å². The Morgan fingerprint density at radius 2 is 1.69 bits per heavy atom. The molecular weight excluding hydrogens is 576 g/mol. The Hall–Kier alpha value is -2.48. The minimum Gasteiger partial charge on any atom is -0.352 e. The summed E-state index contributed by atoms with van der Waals surface area (Å²) >= 11 is 12.7. The smallest absolute Gasteiger partial charge is 0.238 e. The van der Waals surface area contributed by atoms with Crippen LogP contribution >= 0.6 is 23.2 Å². The minimum atomic E-state index is -1.27. The second kappa shape index (κ2) is 10.6. The summed E-state index contributed by atoms with van der Waals surface area (Å²) in [5, 5.41) is 10.4. The molecule has 3 atom stereocenters. The standard InChI is InChI=1S/C33H38Cl2FN3O3/c1-18(40)19-7-10-21(11-8-19)37-29(41)28-26(22-5-4-6-24(35)27(22)36)33(32(39-28)15-13-31(2,3)14-16-32)23-12-9-20(34)17-25(23)38-30(33)42/h4-6,9,12,17,19,21,26,28,39H,7-8,10-11,13-16H2,1-3H3,(H,37,41)(H,38,42)/t19?,21?,26-,28+,33+/m0/s1. The molecule has 224 valence electrons. The molecular formula is C33H38Cl2FN3O3. The van der Waals surface area contributed by atoms with Crippen molar-refractivity contribution >= 4 is 46.5 Å². The first-order valence-corrected chi connectivity index (χ1v) is 15.8.